The molecule has 7 nitrogen and oxygen atoms in total. The summed E-state index contributed by atoms with van der Waals surface area (Å²) in [5, 5.41) is 17.7. The molecule has 2 heterocycles. The highest BCUT2D eigenvalue weighted by molar-refractivity contribution is 5.94. The molecule has 10 heteroatoms. The Kier molecular flexibility index (Phi) is 8.75. The third-order valence-electron chi connectivity index (χ3n) is 8.27. The SMILES string of the molecule is CCc1ccc2c(c1)[C@@H](NC[C@@H](O)[C@H](Cc1ccccc1)NC(=O)c1ccc(=O)n(CC(F)(F)F)c1)CC1(CCC1)O2. The smallest absolute Gasteiger partial charge is 0.406 e. The van der Waals surface area contributed by atoms with E-state index in [0.29, 0.717) is 11.0 Å². The fraction of sp³-hybridized carbons (Fsp3) is 0.438. The molecule has 3 aromatic rings. The number of benzene rings is 2. The molecular formula is C32H36F3N3O4. The Labute approximate surface area is 242 Å². The van der Waals surface area contributed by atoms with Crippen molar-refractivity contribution in [3.8, 4) is 5.75 Å². The number of alkyl halides is 3. The number of halogens is 3. The molecule has 2 aromatic carbocycles. The van der Waals surface area contributed by atoms with Gasteiger partial charge in [-0.15, -0.1) is 0 Å². The normalized spacial score (nSPS) is 18.8. The van der Waals surface area contributed by atoms with E-state index in [0.717, 1.165) is 61.2 Å². The first-order valence-corrected chi connectivity index (χ1v) is 14.4. The Bertz CT molecular complexity index is 1450. The lowest BCUT2D eigenvalue weighted by atomic mass is 9.72. The summed E-state index contributed by atoms with van der Waals surface area (Å²) in [5.41, 5.74) is 1.95. The average molecular weight is 584 g/mol. The molecular weight excluding hydrogens is 547 g/mol. The van der Waals surface area contributed by atoms with Crippen molar-refractivity contribution in [2.75, 3.05) is 6.54 Å². The van der Waals surface area contributed by atoms with E-state index in [1.165, 1.54) is 11.6 Å². The van der Waals surface area contributed by atoms with E-state index in [9.17, 15) is 27.9 Å². The van der Waals surface area contributed by atoms with Gasteiger partial charge in [-0.3, -0.25) is 9.59 Å². The van der Waals surface area contributed by atoms with E-state index in [4.69, 9.17) is 4.74 Å². The molecule has 42 heavy (non-hydrogen) atoms. The fourth-order valence-electron chi connectivity index (χ4n) is 5.79. The van der Waals surface area contributed by atoms with Crippen LogP contribution in [0.5, 0.6) is 5.75 Å². The number of aromatic nitrogens is 1. The predicted molar refractivity (Wildman–Crippen MR) is 153 cm³/mol. The number of ether oxygens (including phenoxy) is 1. The maximum atomic E-state index is 13.2. The van der Waals surface area contributed by atoms with Crippen molar-refractivity contribution in [3.63, 3.8) is 0 Å². The number of nitrogens with one attached hydrogen (secondary N) is 2. The topological polar surface area (TPSA) is 92.6 Å². The Hall–Kier alpha value is -3.63. The Morgan fingerprint density at radius 3 is 2.55 bits per heavy atom. The highest BCUT2D eigenvalue weighted by atomic mass is 19.4. The van der Waals surface area contributed by atoms with Crippen LogP contribution < -0.4 is 20.9 Å². The van der Waals surface area contributed by atoms with Crippen molar-refractivity contribution in [2.24, 2.45) is 0 Å². The summed E-state index contributed by atoms with van der Waals surface area (Å²) in [6, 6.07) is 16.9. The highest BCUT2D eigenvalue weighted by Gasteiger charge is 2.45. The molecule has 5 rings (SSSR count). The molecule has 1 amide bonds. The second-order valence-corrected chi connectivity index (χ2v) is 11.4. The number of nitrogens with zero attached hydrogens (tertiary/aromatic N) is 1. The van der Waals surface area contributed by atoms with Crippen molar-refractivity contribution in [1.82, 2.24) is 15.2 Å². The van der Waals surface area contributed by atoms with Gasteiger partial charge < -0.3 is 25.0 Å². The van der Waals surface area contributed by atoms with Crippen molar-refractivity contribution in [3.05, 3.63) is 99.5 Å². The minimum atomic E-state index is -4.62. The van der Waals surface area contributed by atoms with Crippen LogP contribution in [0, 0.1) is 0 Å². The molecule has 1 aromatic heterocycles. The van der Waals surface area contributed by atoms with Gasteiger partial charge in [-0.25, -0.2) is 0 Å². The molecule has 1 spiro atoms. The first-order chi connectivity index (χ1) is 20.0. The van der Waals surface area contributed by atoms with E-state index >= 15 is 0 Å². The summed E-state index contributed by atoms with van der Waals surface area (Å²) < 4.78 is 45.7. The number of aliphatic hydroxyl groups is 1. The first kappa shape index (κ1) is 29.8. The molecule has 2 aliphatic rings. The second-order valence-electron chi connectivity index (χ2n) is 11.4. The van der Waals surface area contributed by atoms with E-state index in [2.05, 4.69) is 29.7 Å². The van der Waals surface area contributed by atoms with Crippen LogP contribution in [0.4, 0.5) is 13.2 Å². The van der Waals surface area contributed by atoms with Crippen LogP contribution in [-0.4, -0.2) is 46.0 Å². The molecule has 0 saturated heterocycles. The summed E-state index contributed by atoms with van der Waals surface area (Å²) in [6.07, 6.45) is 0.287. The monoisotopic (exact) mass is 583 g/mol. The highest BCUT2D eigenvalue weighted by Crippen LogP contribution is 2.49. The van der Waals surface area contributed by atoms with Gasteiger partial charge in [0, 0.05) is 36.8 Å². The molecule has 1 aliphatic heterocycles. The van der Waals surface area contributed by atoms with E-state index in [1.54, 1.807) is 0 Å². The molecule has 1 saturated carbocycles. The summed E-state index contributed by atoms with van der Waals surface area (Å²) in [5.74, 6) is 0.177. The fourth-order valence-corrected chi connectivity index (χ4v) is 5.79. The molecule has 0 unspecified atom stereocenters. The first-order valence-electron chi connectivity index (χ1n) is 14.4. The van der Waals surface area contributed by atoms with Crippen molar-refractivity contribution < 1.29 is 27.8 Å². The van der Waals surface area contributed by atoms with Crippen molar-refractivity contribution in [2.45, 2.75) is 82.0 Å². The van der Waals surface area contributed by atoms with Gasteiger partial charge in [0.25, 0.3) is 11.5 Å². The molecule has 3 atom stereocenters. The number of aryl methyl sites for hydroxylation is 1. The number of hydrogen-bond acceptors (Lipinski definition) is 5. The molecule has 1 fully saturated rings. The second kappa shape index (κ2) is 12.3. The molecule has 224 valence electrons. The number of pyridine rings is 1. The molecule has 3 N–H and O–H groups in total. The lowest BCUT2D eigenvalue weighted by Gasteiger charge is -2.48. The Morgan fingerprint density at radius 2 is 1.88 bits per heavy atom. The third kappa shape index (κ3) is 7.04. The number of aliphatic hydroxyl groups excluding tert-OH is 1. The van der Waals surface area contributed by atoms with Crippen LogP contribution in [0.25, 0.3) is 0 Å². The van der Waals surface area contributed by atoms with Crippen LogP contribution in [-0.2, 0) is 19.4 Å². The van der Waals surface area contributed by atoms with Crippen molar-refractivity contribution in [1.29, 1.82) is 0 Å². The minimum absolute atomic E-state index is 0.0470. The molecule has 0 radical (unpaired) electrons. The third-order valence-corrected chi connectivity index (χ3v) is 8.27. The van der Waals surface area contributed by atoms with Crippen LogP contribution in [0.1, 0.15) is 65.7 Å². The summed E-state index contributed by atoms with van der Waals surface area (Å²) in [7, 11) is 0. The zero-order chi connectivity index (χ0) is 29.9. The minimum Gasteiger partial charge on any atom is -0.487 e. The van der Waals surface area contributed by atoms with Crippen LogP contribution in [0.15, 0.2) is 71.7 Å². The van der Waals surface area contributed by atoms with Gasteiger partial charge in [-0.1, -0.05) is 49.4 Å². The number of carbonyl (C=O) groups excluding carboxylic acids is 1. The van der Waals surface area contributed by atoms with E-state index in [-0.39, 0.29) is 23.8 Å². The lowest BCUT2D eigenvalue weighted by Crippen LogP contribution is -2.52. The number of carbonyl (C=O) groups is 1. The van der Waals surface area contributed by atoms with Gasteiger partial charge in [0.05, 0.1) is 17.7 Å². The maximum Gasteiger partial charge on any atom is 0.406 e. The number of fused-ring (bicyclic) bond motifs is 1. The average Bonchev–Trinajstić information content (AvgIpc) is 2.95. The van der Waals surface area contributed by atoms with Crippen molar-refractivity contribution >= 4 is 5.91 Å². The zero-order valence-electron chi connectivity index (χ0n) is 23.5. The van der Waals surface area contributed by atoms with Gasteiger partial charge >= 0.3 is 6.18 Å². The lowest BCUT2D eigenvalue weighted by molar-refractivity contribution is -0.141. The quantitative estimate of drug-likeness (QED) is 0.322. The van der Waals surface area contributed by atoms with Crippen LogP contribution in [0.3, 0.4) is 0 Å². The van der Waals surface area contributed by atoms with Gasteiger partial charge in [0.2, 0.25) is 0 Å². The van der Waals surface area contributed by atoms with Crippen LogP contribution in [0.2, 0.25) is 0 Å². The Balaban J connectivity index is 1.34. The zero-order valence-corrected chi connectivity index (χ0v) is 23.5. The number of hydrogen-bond donors (Lipinski definition) is 3. The maximum absolute atomic E-state index is 13.2. The molecule has 0 bridgehead atoms. The molecule has 1 aliphatic carbocycles. The standard InChI is InChI=1S/C32H36F3N3O4/c1-2-21-9-11-28-24(15-21)26(17-31(42-28)13-6-14-31)36-18-27(39)25(16-22-7-4-3-5-8-22)37-30(41)23-10-12-29(40)38(19-23)20-32(33,34)35/h3-5,7-12,15,19,25-27,36,39H,2,6,13-14,16-18,20H2,1H3,(H,37,41)/t25-,26-,27+/m0/s1. The Morgan fingerprint density at radius 1 is 1.12 bits per heavy atom. The summed E-state index contributed by atoms with van der Waals surface area (Å²) in [4.78, 5) is 25.1. The van der Waals surface area contributed by atoms with Crippen LogP contribution >= 0.6 is 0 Å². The summed E-state index contributed by atoms with van der Waals surface area (Å²) >= 11 is 0. The predicted octanol–water partition coefficient (Wildman–Crippen LogP) is 4.71. The van der Waals surface area contributed by atoms with Gasteiger partial charge in [-0.05, 0) is 55.4 Å². The van der Waals surface area contributed by atoms with Gasteiger partial charge in [0.15, 0.2) is 0 Å². The van der Waals surface area contributed by atoms with E-state index < -0.39 is 36.3 Å². The van der Waals surface area contributed by atoms with Gasteiger partial charge in [-0.2, -0.15) is 13.2 Å². The number of rotatable bonds is 10. The largest absolute Gasteiger partial charge is 0.487 e. The number of amides is 1. The van der Waals surface area contributed by atoms with Gasteiger partial charge in [0.1, 0.15) is 17.9 Å². The van der Waals surface area contributed by atoms with E-state index in [1.807, 2.05) is 36.4 Å². The summed E-state index contributed by atoms with van der Waals surface area (Å²) in [6.45, 7) is 0.764.